The summed E-state index contributed by atoms with van der Waals surface area (Å²) in [5.74, 6) is -0.126. The number of nitrogens with zero attached hydrogens (tertiary/aromatic N) is 1. The second-order valence-corrected chi connectivity index (χ2v) is 6.91. The molecule has 3 aromatic rings. The highest BCUT2D eigenvalue weighted by Gasteiger charge is 2.37. The van der Waals surface area contributed by atoms with E-state index in [4.69, 9.17) is 0 Å². The molecule has 0 spiro atoms. The Balaban J connectivity index is 1.57. The molecular formula is C23H23N3O2. The van der Waals surface area contributed by atoms with Gasteiger partial charge < -0.3 is 10.6 Å². The molecule has 1 heterocycles. The first-order valence-corrected chi connectivity index (χ1v) is 9.58. The number of urea groups is 1. The van der Waals surface area contributed by atoms with Gasteiger partial charge in [0.15, 0.2) is 0 Å². The minimum absolute atomic E-state index is 0.126. The topological polar surface area (TPSA) is 61.4 Å². The van der Waals surface area contributed by atoms with Crippen LogP contribution in [0.2, 0.25) is 0 Å². The molecule has 5 nitrogen and oxygen atoms in total. The van der Waals surface area contributed by atoms with Crippen LogP contribution in [0.3, 0.4) is 0 Å². The third kappa shape index (κ3) is 3.31. The van der Waals surface area contributed by atoms with Crippen LogP contribution >= 0.6 is 0 Å². The Morgan fingerprint density at radius 1 is 0.964 bits per heavy atom. The fourth-order valence-corrected chi connectivity index (χ4v) is 3.84. The highest BCUT2D eigenvalue weighted by atomic mass is 16.2. The van der Waals surface area contributed by atoms with E-state index in [2.05, 4.69) is 28.8 Å². The van der Waals surface area contributed by atoms with Crippen LogP contribution in [0.1, 0.15) is 18.1 Å². The minimum atomic E-state index is -0.523. The predicted molar refractivity (Wildman–Crippen MR) is 111 cm³/mol. The van der Waals surface area contributed by atoms with E-state index in [1.807, 2.05) is 55.5 Å². The first-order chi connectivity index (χ1) is 13.7. The summed E-state index contributed by atoms with van der Waals surface area (Å²) in [5, 5.41) is 8.11. The number of fused-ring (bicyclic) bond motifs is 2. The van der Waals surface area contributed by atoms with E-state index in [9.17, 15) is 9.59 Å². The third-order valence-electron chi connectivity index (χ3n) is 5.16. The second kappa shape index (κ2) is 7.72. The van der Waals surface area contributed by atoms with Crippen LogP contribution in [0.25, 0.3) is 10.8 Å². The molecule has 0 fully saturated rings. The van der Waals surface area contributed by atoms with Gasteiger partial charge in [0.1, 0.15) is 6.04 Å². The minimum Gasteiger partial charge on any atom is -0.355 e. The quantitative estimate of drug-likeness (QED) is 0.734. The summed E-state index contributed by atoms with van der Waals surface area (Å²) in [5.41, 5.74) is 2.86. The summed E-state index contributed by atoms with van der Waals surface area (Å²) in [6, 6.07) is 21.1. The number of rotatable bonds is 4. The van der Waals surface area contributed by atoms with Gasteiger partial charge in [0.2, 0.25) is 5.91 Å². The number of hydrogen-bond acceptors (Lipinski definition) is 2. The molecule has 1 aliphatic rings. The van der Waals surface area contributed by atoms with Crippen molar-refractivity contribution in [3.05, 3.63) is 77.9 Å². The monoisotopic (exact) mass is 373 g/mol. The lowest BCUT2D eigenvalue weighted by atomic mass is 10.0. The van der Waals surface area contributed by atoms with Gasteiger partial charge in [-0.2, -0.15) is 0 Å². The molecule has 0 saturated carbocycles. The number of amides is 3. The molecule has 2 N–H and O–H groups in total. The predicted octanol–water partition coefficient (Wildman–Crippen LogP) is 3.62. The molecule has 3 amide bonds. The van der Waals surface area contributed by atoms with Crippen LogP contribution in [0, 0.1) is 0 Å². The molecule has 0 saturated heterocycles. The zero-order valence-electron chi connectivity index (χ0n) is 15.8. The highest BCUT2D eigenvalue weighted by molar-refractivity contribution is 6.02. The smallest absolute Gasteiger partial charge is 0.322 e. The maximum atomic E-state index is 13.1. The average Bonchev–Trinajstić information content (AvgIpc) is 3.12. The van der Waals surface area contributed by atoms with Crippen LogP contribution in [0.5, 0.6) is 0 Å². The average molecular weight is 373 g/mol. The molecule has 1 atom stereocenters. The molecular weight excluding hydrogens is 350 g/mol. The molecule has 4 rings (SSSR count). The molecule has 1 unspecified atom stereocenters. The van der Waals surface area contributed by atoms with Gasteiger partial charge in [-0.25, -0.2) is 4.79 Å². The Kier molecular flexibility index (Phi) is 4.98. The normalized spacial score (nSPS) is 15.3. The van der Waals surface area contributed by atoms with Gasteiger partial charge in [0.05, 0.1) is 0 Å². The first-order valence-electron chi connectivity index (χ1n) is 9.58. The number of carbonyl (C=O) groups is 2. The number of anilines is 1. The zero-order valence-corrected chi connectivity index (χ0v) is 15.8. The van der Waals surface area contributed by atoms with Crippen molar-refractivity contribution in [2.45, 2.75) is 25.9 Å². The number of nitrogens with one attached hydrogen (secondary N) is 2. The van der Waals surface area contributed by atoms with Gasteiger partial charge in [0.25, 0.3) is 0 Å². The van der Waals surface area contributed by atoms with Gasteiger partial charge in [-0.15, -0.1) is 0 Å². The van der Waals surface area contributed by atoms with E-state index in [-0.39, 0.29) is 11.9 Å². The van der Waals surface area contributed by atoms with Crippen molar-refractivity contribution >= 4 is 28.4 Å². The third-order valence-corrected chi connectivity index (χ3v) is 5.16. The summed E-state index contributed by atoms with van der Waals surface area (Å²) in [6.07, 6.45) is 0.531. The summed E-state index contributed by atoms with van der Waals surface area (Å²) in [7, 11) is 0. The summed E-state index contributed by atoms with van der Waals surface area (Å²) in [6.45, 7) is 2.82. The molecule has 5 heteroatoms. The summed E-state index contributed by atoms with van der Waals surface area (Å²) in [4.78, 5) is 27.2. The standard InChI is InChI=1S/C23H23N3O2/c1-2-24-22(27)21-14-17-9-4-6-13-20(17)26(21)23(28)25-15-18-11-7-10-16-8-3-5-12-19(16)18/h3-13,21H,2,14-15H2,1H3,(H,24,27)(H,25,28). The van der Waals surface area contributed by atoms with Crippen molar-refractivity contribution in [3.63, 3.8) is 0 Å². The van der Waals surface area contributed by atoms with Crippen molar-refractivity contribution in [2.75, 3.05) is 11.4 Å². The number of para-hydroxylation sites is 1. The lowest BCUT2D eigenvalue weighted by Gasteiger charge is -2.25. The van der Waals surface area contributed by atoms with Crippen molar-refractivity contribution in [3.8, 4) is 0 Å². The number of hydrogen-bond donors (Lipinski definition) is 2. The molecule has 1 aliphatic heterocycles. The molecule has 0 radical (unpaired) electrons. The van der Waals surface area contributed by atoms with E-state index < -0.39 is 6.04 Å². The highest BCUT2D eigenvalue weighted by Crippen LogP contribution is 2.32. The second-order valence-electron chi connectivity index (χ2n) is 6.91. The molecule has 142 valence electrons. The number of benzene rings is 3. The van der Waals surface area contributed by atoms with Crippen LogP contribution in [0.15, 0.2) is 66.7 Å². The first kappa shape index (κ1) is 18.0. The Morgan fingerprint density at radius 2 is 1.71 bits per heavy atom. The number of likely N-dealkylation sites (N-methyl/N-ethyl adjacent to an activating group) is 1. The van der Waals surface area contributed by atoms with Gasteiger partial charge in [0, 0.05) is 25.2 Å². The fourth-order valence-electron chi connectivity index (χ4n) is 3.84. The van der Waals surface area contributed by atoms with Crippen molar-refractivity contribution < 1.29 is 9.59 Å². The Morgan fingerprint density at radius 3 is 2.57 bits per heavy atom. The number of carbonyl (C=O) groups excluding carboxylic acids is 2. The zero-order chi connectivity index (χ0) is 19.5. The lowest BCUT2D eigenvalue weighted by Crippen LogP contribution is -2.51. The van der Waals surface area contributed by atoms with E-state index in [0.29, 0.717) is 19.5 Å². The lowest BCUT2D eigenvalue weighted by molar-refractivity contribution is -0.122. The Bertz CT molecular complexity index is 1030. The van der Waals surface area contributed by atoms with E-state index in [0.717, 1.165) is 27.6 Å². The van der Waals surface area contributed by atoms with E-state index in [1.54, 1.807) is 4.90 Å². The molecule has 0 aromatic heterocycles. The molecule has 3 aromatic carbocycles. The van der Waals surface area contributed by atoms with E-state index >= 15 is 0 Å². The molecule has 0 aliphatic carbocycles. The van der Waals surface area contributed by atoms with Gasteiger partial charge in [-0.3, -0.25) is 9.69 Å². The maximum absolute atomic E-state index is 13.1. The van der Waals surface area contributed by atoms with Crippen molar-refractivity contribution in [2.24, 2.45) is 0 Å². The maximum Gasteiger partial charge on any atom is 0.322 e. The van der Waals surface area contributed by atoms with Gasteiger partial charge >= 0.3 is 6.03 Å². The van der Waals surface area contributed by atoms with Gasteiger partial charge in [-0.1, -0.05) is 60.7 Å². The van der Waals surface area contributed by atoms with Crippen LogP contribution in [0.4, 0.5) is 10.5 Å². The van der Waals surface area contributed by atoms with Crippen LogP contribution < -0.4 is 15.5 Å². The van der Waals surface area contributed by atoms with Gasteiger partial charge in [-0.05, 0) is 34.9 Å². The van der Waals surface area contributed by atoms with Crippen molar-refractivity contribution in [1.82, 2.24) is 10.6 Å². The molecule has 0 bridgehead atoms. The SMILES string of the molecule is CCNC(=O)C1Cc2ccccc2N1C(=O)NCc1cccc2ccccc12. The Hall–Kier alpha value is -3.34. The van der Waals surface area contributed by atoms with Crippen LogP contribution in [-0.2, 0) is 17.8 Å². The summed E-state index contributed by atoms with van der Waals surface area (Å²) < 4.78 is 0. The largest absolute Gasteiger partial charge is 0.355 e. The van der Waals surface area contributed by atoms with Crippen LogP contribution in [-0.4, -0.2) is 24.5 Å². The van der Waals surface area contributed by atoms with Crippen molar-refractivity contribution in [1.29, 1.82) is 0 Å². The fraction of sp³-hybridized carbons (Fsp3) is 0.217. The molecule has 28 heavy (non-hydrogen) atoms. The van der Waals surface area contributed by atoms with E-state index in [1.165, 1.54) is 0 Å². The Labute approximate surface area is 164 Å². The summed E-state index contributed by atoms with van der Waals surface area (Å²) >= 11 is 0.